The molecule has 0 bridgehead atoms. The molecule has 7 aromatic rings. The number of aryl methyl sites for hydroxylation is 1. The molecule has 0 N–H and O–H groups in total. The summed E-state index contributed by atoms with van der Waals surface area (Å²) in [5.41, 5.74) is 4.15. The van der Waals surface area contributed by atoms with E-state index in [4.69, 9.17) is 4.74 Å². The summed E-state index contributed by atoms with van der Waals surface area (Å²) < 4.78 is 7.40. The summed E-state index contributed by atoms with van der Waals surface area (Å²) in [6.45, 7) is 1.48. The molecule has 0 amide bonds. The van der Waals surface area contributed by atoms with Gasteiger partial charge in [-0.05, 0) is 12.1 Å². The summed E-state index contributed by atoms with van der Waals surface area (Å²) >= 11 is 0. The van der Waals surface area contributed by atoms with Gasteiger partial charge < -0.3 is 4.74 Å². The van der Waals surface area contributed by atoms with Gasteiger partial charge in [0, 0.05) is 34.6 Å². The Morgan fingerprint density at radius 2 is 1.34 bits per heavy atom. The van der Waals surface area contributed by atoms with E-state index in [2.05, 4.69) is 99.5 Å². The molecule has 1 aliphatic heterocycles. The van der Waals surface area contributed by atoms with Gasteiger partial charge in [0.1, 0.15) is 18.5 Å². The number of aliphatic imine (C=N–C) groups is 1. The molecule has 5 nitrogen and oxygen atoms in total. The third-order valence-corrected chi connectivity index (χ3v) is 6.65. The Hall–Kier alpha value is -4.52. The molecule has 1 aliphatic rings. The smallest absolute Gasteiger partial charge is 0.518 e. The van der Waals surface area contributed by atoms with Crippen molar-refractivity contribution in [2.75, 3.05) is 13.2 Å². The first-order valence-electron chi connectivity index (χ1n) is 13.2. The molecule has 200 valence electrons. The second-order valence-corrected chi connectivity index (χ2v) is 9.28. The first-order valence-corrected chi connectivity index (χ1v) is 13.2. The predicted octanol–water partition coefficient (Wildman–Crippen LogP) is 6.66. The van der Waals surface area contributed by atoms with Crippen LogP contribution in [0.1, 0.15) is 5.56 Å². The summed E-state index contributed by atoms with van der Waals surface area (Å²) in [4.78, 5) is 12.9. The number of fused-ring (bicyclic) bond motifs is 6. The Kier molecular flexibility index (Phi) is 9.04. The quantitative estimate of drug-likeness (QED) is 0.109. The Morgan fingerprint density at radius 1 is 0.683 bits per heavy atom. The second-order valence-electron chi connectivity index (χ2n) is 9.28. The Bertz CT molecular complexity index is 1900. The Morgan fingerprint density at radius 3 is 2.02 bits per heavy atom. The first-order chi connectivity index (χ1) is 19.8. The zero-order valence-corrected chi connectivity index (χ0v) is 25.1. The fourth-order valence-electron chi connectivity index (χ4n) is 4.77. The van der Waals surface area contributed by atoms with Crippen LogP contribution in [0.4, 0.5) is 0 Å². The zero-order chi connectivity index (χ0) is 27.1. The minimum absolute atomic E-state index is 0. The summed E-state index contributed by atoms with van der Waals surface area (Å²) in [6, 6.07) is 40.8. The number of hydrogen-bond donors (Lipinski definition) is 0. The van der Waals surface area contributed by atoms with Gasteiger partial charge in [0.05, 0.1) is 24.2 Å². The van der Waals surface area contributed by atoms with Gasteiger partial charge in [-0.15, -0.1) is 60.0 Å². The molecular weight excluding hydrogens is 683 g/mol. The minimum Gasteiger partial charge on any atom is -0.518 e. The Balaban J connectivity index is 0.000000123. The molecule has 8 rings (SSSR count). The summed E-state index contributed by atoms with van der Waals surface area (Å²) in [7, 11) is 2.07. The third-order valence-electron chi connectivity index (χ3n) is 6.65. The molecule has 0 unspecified atom stereocenters. The van der Waals surface area contributed by atoms with Crippen molar-refractivity contribution in [3.05, 3.63) is 139 Å². The molecule has 0 spiro atoms. The van der Waals surface area contributed by atoms with Gasteiger partial charge >= 0.3 is 19.8 Å². The van der Waals surface area contributed by atoms with E-state index in [-0.39, 0.29) is 19.8 Å². The van der Waals surface area contributed by atoms with Crippen molar-refractivity contribution in [1.29, 1.82) is 0 Å². The van der Waals surface area contributed by atoms with Gasteiger partial charge in [-0.1, -0.05) is 53.4 Å². The van der Waals surface area contributed by atoms with Crippen LogP contribution in [0.2, 0.25) is 0 Å². The molecule has 0 saturated heterocycles. The van der Waals surface area contributed by atoms with Gasteiger partial charge in [0.15, 0.2) is 6.20 Å². The van der Waals surface area contributed by atoms with Crippen molar-refractivity contribution < 1.29 is 29.1 Å². The average molecular weight is 710 g/mol. The zero-order valence-electron chi connectivity index (χ0n) is 22.5. The first kappa shape index (κ1) is 28.0. The van der Waals surface area contributed by atoms with Gasteiger partial charge in [-0.25, -0.2) is 4.57 Å². The van der Waals surface area contributed by atoms with Crippen molar-refractivity contribution >= 4 is 49.4 Å². The largest absolute Gasteiger partial charge is 2.00 e. The van der Waals surface area contributed by atoms with Gasteiger partial charge in [-0.3, -0.25) is 15.0 Å². The van der Waals surface area contributed by atoms with Crippen LogP contribution in [0.5, 0.6) is 0 Å². The number of ether oxygens (including phenoxy) is 1. The van der Waals surface area contributed by atoms with E-state index in [9.17, 15) is 0 Å². The van der Waals surface area contributed by atoms with E-state index in [1.54, 1.807) is 12.4 Å². The molecule has 41 heavy (non-hydrogen) atoms. The Labute approximate surface area is 252 Å². The predicted molar refractivity (Wildman–Crippen MR) is 161 cm³/mol. The van der Waals surface area contributed by atoms with Crippen molar-refractivity contribution in [2.24, 2.45) is 12.0 Å². The normalized spacial score (nSPS) is 12.0. The standard InChI is InChI=1S/C14H11N.C12H8N2.C9H8NO.Os/c1-15-10-4-6-12-9-8-11-5-2-3-7-13(11)14(12)15;1-3-9-5-6-10-4-2-8-14-12(10)11(9)13-7-1;1-2-4-8(5-3-1)9-10-6-7-11-9;/h2-6,8-10H,1H3;1-8H;1-4H,6-7H2;/q;;-1;+2. The van der Waals surface area contributed by atoms with Crippen LogP contribution in [0, 0.1) is 12.1 Å². The van der Waals surface area contributed by atoms with E-state index in [0.29, 0.717) is 6.61 Å². The van der Waals surface area contributed by atoms with E-state index in [1.807, 2.05) is 48.5 Å². The SMILES string of the molecule is C[n+]1cccc2ccc3ccc[c-]c3c21.[Os+2].[c-]1ccccc1C1=NCCO1.c1cnc2c(c1)ccc1cccnc12. The van der Waals surface area contributed by atoms with Gasteiger partial charge in [-0.2, -0.15) is 0 Å². The topological polar surface area (TPSA) is 51.2 Å². The fraction of sp³-hybridized carbons (Fsp3) is 0.0857. The molecule has 0 radical (unpaired) electrons. The van der Waals surface area contributed by atoms with E-state index < -0.39 is 0 Å². The number of nitrogens with zero attached hydrogens (tertiary/aromatic N) is 4. The monoisotopic (exact) mass is 711 g/mol. The van der Waals surface area contributed by atoms with Crippen molar-refractivity contribution in [3.8, 4) is 0 Å². The summed E-state index contributed by atoms with van der Waals surface area (Å²) in [5, 5.41) is 5.97. The summed E-state index contributed by atoms with van der Waals surface area (Å²) in [5.74, 6) is 0.727. The number of aromatic nitrogens is 3. The maximum absolute atomic E-state index is 5.26. The fourth-order valence-corrected chi connectivity index (χ4v) is 4.77. The molecule has 0 fully saturated rings. The van der Waals surface area contributed by atoms with Crippen LogP contribution in [-0.2, 0) is 31.6 Å². The molecular formula is C35H27N4OOs+. The number of rotatable bonds is 1. The van der Waals surface area contributed by atoms with Crippen LogP contribution in [0.15, 0.2) is 127 Å². The number of pyridine rings is 3. The van der Waals surface area contributed by atoms with Crippen molar-refractivity contribution in [3.63, 3.8) is 0 Å². The van der Waals surface area contributed by atoms with E-state index >= 15 is 0 Å². The molecule has 6 heteroatoms. The molecule has 4 aromatic carbocycles. The number of benzene rings is 4. The molecule has 0 saturated carbocycles. The van der Waals surface area contributed by atoms with E-state index in [0.717, 1.165) is 39.8 Å². The molecule has 0 aliphatic carbocycles. The van der Waals surface area contributed by atoms with Crippen LogP contribution in [0.25, 0.3) is 43.5 Å². The average Bonchev–Trinajstić information content (AvgIpc) is 3.58. The van der Waals surface area contributed by atoms with Crippen molar-refractivity contribution in [1.82, 2.24) is 9.97 Å². The minimum atomic E-state index is 0. The third kappa shape index (κ3) is 6.29. The summed E-state index contributed by atoms with van der Waals surface area (Å²) in [6.07, 6.45) is 5.68. The van der Waals surface area contributed by atoms with Crippen LogP contribution in [-0.4, -0.2) is 29.0 Å². The second kappa shape index (κ2) is 13.2. The number of hydrogen-bond acceptors (Lipinski definition) is 4. The van der Waals surface area contributed by atoms with Gasteiger partial charge in [0.2, 0.25) is 0 Å². The van der Waals surface area contributed by atoms with Crippen LogP contribution in [0.3, 0.4) is 0 Å². The van der Waals surface area contributed by atoms with Gasteiger partial charge in [0.25, 0.3) is 0 Å². The van der Waals surface area contributed by atoms with Crippen molar-refractivity contribution in [2.45, 2.75) is 0 Å². The maximum atomic E-state index is 5.26. The van der Waals surface area contributed by atoms with E-state index in [1.165, 1.54) is 21.7 Å². The molecule has 4 heterocycles. The van der Waals surface area contributed by atoms with Crippen LogP contribution < -0.4 is 4.57 Å². The molecule has 3 aromatic heterocycles. The maximum Gasteiger partial charge on any atom is 2.00 e. The molecule has 0 atom stereocenters. The van der Waals surface area contributed by atoms with Crippen LogP contribution >= 0.6 is 0 Å².